The highest BCUT2D eigenvalue weighted by Crippen LogP contribution is 2.28. The first-order valence-electron chi connectivity index (χ1n) is 6.20. The molecule has 1 aliphatic rings. The Hall–Kier alpha value is -1.16. The van der Waals surface area contributed by atoms with Gasteiger partial charge in [-0.3, -0.25) is 4.98 Å². The number of hydrogen-bond acceptors (Lipinski definition) is 3. The zero-order valence-corrected chi connectivity index (χ0v) is 10.8. The summed E-state index contributed by atoms with van der Waals surface area (Å²) in [6, 6.07) is 8.17. The number of halogens is 1. The van der Waals surface area contributed by atoms with Crippen LogP contribution in [0.25, 0.3) is 10.9 Å². The Kier molecular flexibility index (Phi) is 3.46. The molecule has 0 amide bonds. The summed E-state index contributed by atoms with van der Waals surface area (Å²) < 4.78 is 5.62. The second-order valence-electron chi connectivity index (χ2n) is 4.47. The standard InChI is InChI=1S/C14H15ClN2O/c15-12-4-1-3-11-10(5-7-17-14(11)12)13-9-18-8-2-6-16-13/h1,3-5,7,13,16H,2,6,8-9H2. The maximum Gasteiger partial charge on any atom is 0.0891 e. The summed E-state index contributed by atoms with van der Waals surface area (Å²) in [7, 11) is 0. The van der Waals surface area contributed by atoms with E-state index in [1.54, 1.807) is 0 Å². The van der Waals surface area contributed by atoms with Gasteiger partial charge in [-0.25, -0.2) is 0 Å². The number of nitrogens with one attached hydrogen (secondary N) is 1. The maximum atomic E-state index is 6.19. The van der Waals surface area contributed by atoms with Crippen LogP contribution in [-0.2, 0) is 4.74 Å². The number of para-hydroxylation sites is 1. The average Bonchev–Trinajstić information content (AvgIpc) is 2.67. The van der Waals surface area contributed by atoms with Crippen molar-refractivity contribution in [3.8, 4) is 0 Å². The monoisotopic (exact) mass is 262 g/mol. The molecule has 1 N–H and O–H groups in total. The van der Waals surface area contributed by atoms with Crippen LogP contribution < -0.4 is 5.32 Å². The second-order valence-corrected chi connectivity index (χ2v) is 4.88. The molecule has 1 atom stereocenters. The molecule has 18 heavy (non-hydrogen) atoms. The molecule has 0 bridgehead atoms. The smallest absolute Gasteiger partial charge is 0.0891 e. The summed E-state index contributed by atoms with van der Waals surface area (Å²) in [6.07, 6.45) is 2.87. The molecule has 2 heterocycles. The minimum Gasteiger partial charge on any atom is -0.379 e. The van der Waals surface area contributed by atoms with E-state index in [0.29, 0.717) is 11.6 Å². The van der Waals surface area contributed by atoms with Crippen molar-refractivity contribution in [1.82, 2.24) is 10.3 Å². The van der Waals surface area contributed by atoms with Gasteiger partial charge in [-0.1, -0.05) is 23.7 Å². The second kappa shape index (κ2) is 5.22. The van der Waals surface area contributed by atoms with E-state index >= 15 is 0 Å². The third-order valence-corrected chi connectivity index (χ3v) is 3.58. The van der Waals surface area contributed by atoms with Gasteiger partial charge in [0, 0.05) is 18.2 Å². The lowest BCUT2D eigenvalue weighted by molar-refractivity contribution is 0.132. The molecule has 1 aromatic carbocycles. The normalized spacial score (nSPS) is 20.8. The van der Waals surface area contributed by atoms with Crippen LogP contribution in [0.4, 0.5) is 0 Å². The Morgan fingerprint density at radius 2 is 2.28 bits per heavy atom. The molecule has 94 valence electrons. The SMILES string of the molecule is Clc1cccc2c(C3COCCCN3)ccnc12. The molecule has 1 aromatic heterocycles. The van der Waals surface area contributed by atoms with Crippen molar-refractivity contribution >= 4 is 22.5 Å². The predicted octanol–water partition coefficient (Wildman–Crippen LogP) is 2.94. The van der Waals surface area contributed by atoms with E-state index in [9.17, 15) is 0 Å². The summed E-state index contributed by atoms with van der Waals surface area (Å²) in [5, 5.41) is 5.32. The molecule has 1 aliphatic heterocycles. The van der Waals surface area contributed by atoms with Gasteiger partial charge in [0.1, 0.15) is 0 Å². The van der Waals surface area contributed by atoms with Gasteiger partial charge in [-0.05, 0) is 30.7 Å². The third kappa shape index (κ3) is 2.21. The van der Waals surface area contributed by atoms with Crippen LogP contribution >= 0.6 is 11.6 Å². The van der Waals surface area contributed by atoms with Crippen molar-refractivity contribution < 1.29 is 4.74 Å². The quantitative estimate of drug-likeness (QED) is 0.858. The fourth-order valence-electron chi connectivity index (χ4n) is 2.38. The Morgan fingerprint density at radius 1 is 1.33 bits per heavy atom. The van der Waals surface area contributed by atoms with Crippen molar-refractivity contribution in [3.63, 3.8) is 0 Å². The predicted molar refractivity (Wildman–Crippen MR) is 72.9 cm³/mol. The summed E-state index contributed by atoms with van der Waals surface area (Å²) in [5.74, 6) is 0. The molecule has 4 heteroatoms. The first-order chi connectivity index (χ1) is 8.86. The lowest BCUT2D eigenvalue weighted by Gasteiger charge is -2.17. The molecule has 1 fully saturated rings. The topological polar surface area (TPSA) is 34.1 Å². The lowest BCUT2D eigenvalue weighted by atomic mass is 10.0. The van der Waals surface area contributed by atoms with Crippen LogP contribution in [0.1, 0.15) is 18.0 Å². The number of fused-ring (bicyclic) bond motifs is 1. The van der Waals surface area contributed by atoms with Crippen LogP contribution in [0.2, 0.25) is 5.02 Å². The van der Waals surface area contributed by atoms with Crippen LogP contribution in [-0.4, -0.2) is 24.7 Å². The molecule has 0 saturated carbocycles. The molecular formula is C14H15ClN2O. The van der Waals surface area contributed by atoms with Crippen molar-refractivity contribution in [1.29, 1.82) is 0 Å². The highest BCUT2D eigenvalue weighted by molar-refractivity contribution is 6.35. The summed E-state index contributed by atoms with van der Waals surface area (Å²) >= 11 is 6.19. The Bertz CT molecular complexity index is 550. The Balaban J connectivity index is 2.08. The molecule has 3 rings (SSSR count). The summed E-state index contributed by atoms with van der Waals surface area (Å²) in [4.78, 5) is 4.36. The Labute approximate surface area is 111 Å². The fourth-order valence-corrected chi connectivity index (χ4v) is 2.60. The van der Waals surface area contributed by atoms with E-state index in [-0.39, 0.29) is 6.04 Å². The largest absolute Gasteiger partial charge is 0.379 e. The van der Waals surface area contributed by atoms with Gasteiger partial charge >= 0.3 is 0 Å². The molecule has 1 saturated heterocycles. The van der Waals surface area contributed by atoms with Crippen molar-refractivity contribution in [2.45, 2.75) is 12.5 Å². The zero-order valence-electron chi connectivity index (χ0n) is 10.0. The van der Waals surface area contributed by atoms with E-state index < -0.39 is 0 Å². The first-order valence-corrected chi connectivity index (χ1v) is 6.58. The van der Waals surface area contributed by atoms with Gasteiger partial charge in [0.05, 0.1) is 23.2 Å². The van der Waals surface area contributed by atoms with Gasteiger partial charge < -0.3 is 10.1 Å². The number of pyridine rings is 1. The lowest BCUT2D eigenvalue weighted by Crippen LogP contribution is -2.23. The summed E-state index contributed by atoms with van der Waals surface area (Å²) in [6.45, 7) is 2.51. The van der Waals surface area contributed by atoms with Crippen LogP contribution in [0.3, 0.4) is 0 Å². The van der Waals surface area contributed by atoms with Crippen LogP contribution in [0.15, 0.2) is 30.5 Å². The average molecular weight is 263 g/mol. The van der Waals surface area contributed by atoms with Crippen LogP contribution in [0.5, 0.6) is 0 Å². The molecule has 0 aliphatic carbocycles. The number of rotatable bonds is 1. The van der Waals surface area contributed by atoms with E-state index in [4.69, 9.17) is 16.3 Å². The first kappa shape index (κ1) is 11.9. The highest BCUT2D eigenvalue weighted by atomic mass is 35.5. The highest BCUT2D eigenvalue weighted by Gasteiger charge is 2.17. The molecule has 3 nitrogen and oxygen atoms in total. The molecular weight excluding hydrogens is 248 g/mol. The third-order valence-electron chi connectivity index (χ3n) is 3.27. The van der Waals surface area contributed by atoms with Gasteiger partial charge in [0.15, 0.2) is 0 Å². The van der Waals surface area contributed by atoms with Gasteiger partial charge in [-0.15, -0.1) is 0 Å². The minimum absolute atomic E-state index is 0.219. The number of ether oxygens (including phenoxy) is 1. The molecule has 0 spiro atoms. The van der Waals surface area contributed by atoms with Crippen LogP contribution in [0, 0.1) is 0 Å². The van der Waals surface area contributed by atoms with E-state index in [1.165, 1.54) is 5.56 Å². The number of nitrogens with zero attached hydrogens (tertiary/aromatic N) is 1. The molecule has 1 unspecified atom stereocenters. The van der Waals surface area contributed by atoms with E-state index in [1.807, 2.05) is 24.4 Å². The van der Waals surface area contributed by atoms with Gasteiger partial charge in [0.2, 0.25) is 0 Å². The Morgan fingerprint density at radius 3 is 3.22 bits per heavy atom. The molecule has 2 aromatic rings. The van der Waals surface area contributed by atoms with Crippen molar-refractivity contribution in [2.24, 2.45) is 0 Å². The van der Waals surface area contributed by atoms with Crippen molar-refractivity contribution in [3.05, 3.63) is 41.0 Å². The maximum absolute atomic E-state index is 6.19. The van der Waals surface area contributed by atoms with Gasteiger partial charge in [-0.2, -0.15) is 0 Å². The summed E-state index contributed by atoms with van der Waals surface area (Å²) in [5.41, 5.74) is 2.08. The number of hydrogen-bond donors (Lipinski definition) is 1. The fraction of sp³-hybridized carbons (Fsp3) is 0.357. The molecule has 0 radical (unpaired) electrons. The minimum atomic E-state index is 0.219. The number of benzene rings is 1. The van der Waals surface area contributed by atoms with E-state index in [0.717, 1.165) is 30.5 Å². The van der Waals surface area contributed by atoms with E-state index in [2.05, 4.69) is 16.4 Å². The van der Waals surface area contributed by atoms with Gasteiger partial charge in [0.25, 0.3) is 0 Å². The van der Waals surface area contributed by atoms with Crippen molar-refractivity contribution in [2.75, 3.05) is 19.8 Å². The number of aromatic nitrogens is 1. The zero-order chi connectivity index (χ0) is 12.4.